The fourth-order valence-electron chi connectivity index (χ4n) is 4.27. The molecule has 0 atom stereocenters. The Balaban J connectivity index is 1.68. The fraction of sp³-hybridized carbons (Fsp3) is 0.304. The Morgan fingerprint density at radius 3 is 2.32 bits per heavy atom. The van der Waals surface area contributed by atoms with Crippen LogP contribution in [0.2, 0.25) is 0 Å². The third-order valence-corrected chi connectivity index (χ3v) is 5.79. The van der Waals surface area contributed by atoms with E-state index in [0.717, 1.165) is 53.7 Å². The molecule has 2 aromatic carbocycles. The van der Waals surface area contributed by atoms with Crippen molar-refractivity contribution in [2.45, 2.75) is 12.8 Å². The molecule has 1 saturated heterocycles. The van der Waals surface area contributed by atoms with Crippen molar-refractivity contribution < 1.29 is 9.59 Å². The summed E-state index contributed by atoms with van der Waals surface area (Å²) in [5.41, 5.74) is 9.26. The van der Waals surface area contributed by atoms with E-state index in [9.17, 15) is 9.59 Å². The number of ketones is 1. The van der Waals surface area contributed by atoms with E-state index in [1.165, 1.54) is 0 Å². The summed E-state index contributed by atoms with van der Waals surface area (Å²) in [6.07, 6.45) is 1.45. The second-order valence-corrected chi connectivity index (χ2v) is 7.54. The van der Waals surface area contributed by atoms with E-state index in [0.29, 0.717) is 6.54 Å². The number of fused-ring (bicyclic) bond motifs is 1. The van der Waals surface area contributed by atoms with Gasteiger partial charge in [-0.3, -0.25) is 14.5 Å². The van der Waals surface area contributed by atoms with Crippen LogP contribution in [0.3, 0.4) is 0 Å². The van der Waals surface area contributed by atoms with Crippen LogP contribution in [0.1, 0.15) is 23.2 Å². The number of piperidine rings is 1. The van der Waals surface area contributed by atoms with Gasteiger partial charge in [-0.05, 0) is 37.6 Å². The van der Waals surface area contributed by atoms with Crippen molar-refractivity contribution in [3.63, 3.8) is 0 Å². The van der Waals surface area contributed by atoms with Crippen LogP contribution in [0.15, 0.2) is 54.6 Å². The Morgan fingerprint density at radius 1 is 1.00 bits per heavy atom. The molecule has 1 aliphatic rings. The lowest BCUT2D eigenvalue weighted by atomic mass is 9.95. The zero-order valence-corrected chi connectivity index (χ0v) is 16.1. The maximum Gasteiger partial charge on any atom is 0.220 e. The largest absolute Gasteiger partial charge is 0.369 e. The van der Waals surface area contributed by atoms with Gasteiger partial charge in [-0.2, -0.15) is 0 Å². The summed E-state index contributed by atoms with van der Waals surface area (Å²) in [4.78, 5) is 26.9. The summed E-state index contributed by atoms with van der Waals surface area (Å²) in [5.74, 6) is -0.177. The first kappa shape index (κ1) is 18.4. The standard InChI is InChI=1S/C23H25N3O2/c1-25-19-10-6-5-9-18(19)21(22(25)16-7-3-2-4-8-16)20(27)15-26-13-11-17(12-14-26)23(24)28/h2-10,17H,11-15H2,1H3,(H2,24,28). The highest BCUT2D eigenvalue weighted by Crippen LogP contribution is 2.33. The minimum absolute atomic E-state index is 0.0659. The molecule has 0 unspecified atom stereocenters. The van der Waals surface area contributed by atoms with Gasteiger partial charge in [0.05, 0.1) is 17.8 Å². The lowest BCUT2D eigenvalue weighted by molar-refractivity contribution is -0.123. The summed E-state index contributed by atoms with van der Waals surface area (Å²) in [7, 11) is 2.01. The number of nitrogens with zero attached hydrogens (tertiary/aromatic N) is 2. The number of hydrogen-bond donors (Lipinski definition) is 1. The third kappa shape index (κ3) is 3.34. The Bertz CT molecular complexity index is 1020. The van der Waals surface area contributed by atoms with Gasteiger partial charge in [-0.1, -0.05) is 48.5 Å². The SMILES string of the molecule is Cn1c(-c2ccccc2)c(C(=O)CN2CCC(C(N)=O)CC2)c2ccccc21. The highest BCUT2D eigenvalue weighted by atomic mass is 16.1. The van der Waals surface area contributed by atoms with E-state index < -0.39 is 0 Å². The van der Waals surface area contributed by atoms with Gasteiger partial charge < -0.3 is 10.3 Å². The number of para-hydroxylation sites is 1. The minimum Gasteiger partial charge on any atom is -0.369 e. The first-order valence-corrected chi connectivity index (χ1v) is 9.74. The molecule has 4 rings (SSSR count). The van der Waals surface area contributed by atoms with Gasteiger partial charge in [0.25, 0.3) is 0 Å². The van der Waals surface area contributed by atoms with Gasteiger partial charge in [0.1, 0.15) is 0 Å². The number of nitrogens with two attached hydrogens (primary N) is 1. The minimum atomic E-state index is -0.230. The molecule has 2 N–H and O–H groups in total. The van der Waals surface area contributed by atoms with Crippen molar-refractivity contribution in [3.05, 3.63) is 60.2 Å². The van der Waals surface area contributed by atoms with Gasteiger partial charge >= 0.3 is 0 Å². The first-order valence-electron chi connectivity index (χ1n) is 9.74. The van der Waals surface area contributed by atoms with Crippen molar-refractivity contribution in [1.29, 1.82) is 0 Å². The molecule has 144 valence electrons. The number of likely N-dealkylation sites (tertiary alicyclic amines) is 1. The van der Waals surface area contributed by atoms with Crippen LogP contribution in [-0.2, 0) is 11.8 Å². The normalized spacial score (nSPS) is 15.8. The van der Waals surface area contributed by atoms with Crippen LogP contribution in [0.4, 0.5) is 0 Å². The number of carbonyl (C=O) groups is 2. The van der Waals surface area contributed by atoms with Gasteiger partial charge in [0, 0.05) is 23.9 Å². The second-order valence-electron chi connectivity index (χ2n) is 7.54. The van der Waals surface area contributed by atoms with Crippen molar-refractivity contribution in [2.24, 2.45) is 18.7 Å². The molecule has 3 aromatic rings. The summed E-state index contributed by atoms with van der Waals surface area (Å²) in [6, 6.07) is 18.1. The molecule has 1 amide bonds. The highest BCUT2D eigenvalue weighted by molar-refractivity contribution is 6.14. The predicted octanol–water partition coefficient (Wildman–Crippen LogP) is 3.23. The average molecular weight is 375 g/mol. The molecule has 28 heavy (non-hydrogen) atoms. The monoisotopic (exact) mass is 375 g/mol. The number of amides is 1. The van der Waals surface area contributed by atoms with Gasteiger partial charge in [0.15, 0.2) is 5.78 Å². The Kier molecular flexibility index (Phi) is 5.01. The molecule has 0 bridgehead atoms. The molecule has 1 aromatic heterocycles. The zero-order valence-electron chi connectivity index (χ0n) is 16.1. The molecule has 1 aliphatic heterocycles. The quantitative estimate of drug-likeness (QED) is 0.696. The number of aryl methyl sites for hydroxylation is 1. The topological polar surface area (TPSA) is 68.3 Å². The van der Waals surface area contributed by atoms with Crippen LogP contribution in [0.5, 0.6) is 0 Å². The predicted molar refractivity (Wildman–Crippen MR) is 111 cm³/mol. The molecule has 5 nitrogen and oxygen atoms in total. The van der Waals surface area contributed by atoms with Crippen molar-refractivity contribution in [3.8, 4) is 11.3 Å². The maximum atomic E-state index is 13.4. The third-order valence-electron chi connectivity index (χ3n) is 5.79. The number of carbonyl (C=O) groups excluding carboxylic acids is 2. The van der Waals surface area contributed by atoms with E-state index in [4.69, 9.17) is 5.73 Å². The van der Waals surface area contributed by atoms with Crippen LogP contribution in [-0.4, -0.2) is 40.8 Å². The molecule has 0 saturated carbocycles. The van der Waals surface area contributed by atoms with E-state index in [2.05, 4.69) is 15.5 Å². The zero-order chi connectivity index (χ0) is 19.7. The van der Waals surface area contributed by atoms with Crippen LogP contribution >= 0.6 is 0 Å². The highest BCUT2D eigenvalue weighted by Gasteiger charge is 2.27. The van der Waals surface area contributed by atoms with Gasteiger partial charge in [-0.25, -0.2) is 0 Å². The van der Waals surface area contributed by atoms with E-state index in [-0.39, 0.29) is 17.6 Å². The number of primary amides is 1. The molecule has 0 radical (unpaired) electrons. The summed E-state index contributed by atoms with van der Waals surface area (Å²) < 4.78 is 2.11. The van der Waals surface area contributed by atoms with E-state index in [1.807, 2.05) is 55.6 Å². The van der Waals surface area contributed by atoms with Crippen LogP contribution < -0.4 is 5.73 Å². The molecular weight excluding hydrogens is 350 g/mol. The Hall–Kier alpha value is -2.92. The lowest BCUT2D eigenvalue weighted by Crippen LogP contribution is -2.40. The molecule has 2 heterocycles. The molecule has 5 heteroatoms. The first-order chi connectivity index (χ1) is 13.6. The summed E-state index contributed by atoms with van der Waals surface area (Å²) in [6.45, 7) is 1.81. The number of hydrogen-bond acceptors (Lipinski definition) is 3. The number of rotatable bonds is 5. The van der Waals surface area contributed by atoms with Crippen molar-refractivity contribution >= 4 is 22.6 Å². The Morgan fingerprint density at radius 2 is 1.64 bits per heavy atom. The average Bonchev–Trinajstić information content (AvgIpc) is 3.02. The van der Waals surface area contributed by atoms with Gasteiger partial charge in [0.2, 0.25) is 5.91 Å². The van der Waals surface area contributed by atoms with Crippen LogP contribution in [0.25, 0.3) is 22.2 Å². The molecule has 0 spiro atoms. The molecule has 0 aliphatic carbocycles. The van der Waals surface area contributed by atoms with Gasteiger partial charge in [-0.15, -0.1) is 0 Å². The molecule has 1 fully saturated rings. The lowest BCUT2D eigenvalue weighted by Gasteiger charge is -2.29. The number of Topliss-reactive ketones (excluding diaryl/α,β-unsaturated/α-hetero) is 1. The van der Waals surface area contributed by atoms with Crippen LogP contribution in [0, 0.1) is 5.92 Å². The summed E-state index contributed by atoms with van der Waals surface area (Å²) >= 11 is 0. The summed E-state index contributed by atoms with van der Waals surface area (Å²) in [5, 5.41) is 0.987. The second kappa shape index (κ2) is 7.60. The van der Waals surface area contributed by atoms with Crippen molar-refractivity contribution in [2.75, 3.05) is 19.6 Å². The van der Waals surface area contributed by atoms with Crippen molar-refractivity contribution in [1.82, 2.24) is 9.47 Å². The molecular formula is C23H25N3O2. The number of benzene rings is 2. The van der Waals surface area contributed by atoms with E-state index >= 15 is 0 Å². The van der Waals surface area contributed by atoms with E-state index in [1.54, 1.807) is 0 Å². The maximum absolute atomic E-state index is 13.4. The fourth-order valence-corrected chi connectivity index (χ4v) is 4.27. The smallest absolute Gasteiger partial charge is 0.220 e. The Labute approximate surface area is 164 Å². The number of aromatic nitrogens is 1.